The Labute approximate surface area is 138 Å². The van der Waals surface area contributed by atoms with E-state index in [1.54, 1.807) is 0 Å². The third-order valence-corrected chi connectivity index (χ3v) is 4.62. The van der Waals surface area contributed by atoms with Gasteiger partial charge in [-0.2, -0.15) is 0 Å². The van der Waals surface area contributed by atoms with Crippen molar-refractivity contribution in [3.05, 3.63) is 29.3 Å². The fourth-order valence-electron chi connectivity index (χ4n) is 3.47. The highest BCUT2D eigenvalue weighted by atomic mass is 16.6. The summed E-state index contributed by atoms with van der Waals surface area (Å²) < 4.78 is 5.46. The van der Waals surface area contributed by atoms with Gasteiger partial charge in [-0.1, -0.05) is 6.07 Å². The molecule has 0 radical (unpaired) electrons. The summed E-state index contributed by atoms with van der Waals surface area (Å²) in [4.78, 5) is 16.4. The van der Waals surface area contributed by atoms with Crippen molar-refractivity contribution in [3.8, 4) is 0 Å². The number of ether oxygens (including phenoxy) is 1. The molecule has 1 aromatic carbocycles. The molecule has 0 saturated carbocycles. The second kappa shape index (κ2) is 6.04. The Morgan fingerprint density at radius 2 is 1.78 bits per heavy atom. The minimum atomic E-state index is -0.429. The number of nitrogens with zero attached hydrogens (tertiary/aromatic N) is 2. The number of carbonyl (C=O) groups is 1. The SMILES string of the molecule is CC(C)(C)OC(=O)N1CCN([C@H]2Cc3ccc(N)cc3C2)CC1. The number of nitrogen functional groups attached to an aromatic ring is 1. The van der Waals surface area contributed by atoms with E-state index in [4.69, 9.17) is 10.5 Å². The zero-order valence-corrected chi connectivity index (χ0v) is 14.3. The molecule has 1 heterocycles. The molecule has 2 aliphatic rings. The third-order valence-electron chi connectivity index (χ3n) is 4.62. The van der Waals surface area contributed by atoms with E-state index in [9.17, 15) is 4.79 Å². The van der Waals surface area contributed by atoms with Crippen LogP contribution < -0.4 is 5.73 Å². The van der Waals surface area contributed by atoms with Crippen molar-refractivity contribution in [2.45, 2.75) is 45.3 Å². The smallest absolute Gasteiger partial charge is 0.410 e. The molecular formula is C18H27N3O2. The lowest BCUT2D eigenvalue weighted by Gasteiger charge is -2.38. The molecule has 0 unspecified atom stereocenters. The summed E-state index contributed by atoms with van der Waals surface area (Å²) in [6.45, 7) is 9.02. The highest BCUT2D eigenvalue weighted by Gasteiger charge is 2.31. The Morgan fingerprint density at radius 1 is 1.13 bits per heavy atom. The number of hydrogen-bond donors (Lipinski definition) is 1. The van der Waals surface area contributed by atoms with Crippen LogP contribution in [-0.2, 0) is 17.6 Å². The fraction of sp³-hybridized carbons (Fsp3) is 0.611. The lowest BCUT2D eigenvalue weighted by molar-refractivity contribution is 0.0107. The van der Waals surface area contributed by atoms with Gasteiger partial charge in [-0.25, -0.2) is 4.79 Å². The summed E-state index contributed by atoms with van der Waals surface area (Å²) in [7, 11) is 0. The number of carbonyl (C=O) groups excluding carboxylic acids is 1. The number of benzene rings is 1. The molecule has 23 heavy (non-hydrogen) atoms. The van der Waals surface area contributed by atoms with Crippen LogP contribution in [0.5, 0.6) is 0 Å². The quantitative estimate of drug-likeness (QED) is 0.807. The largest absolute Gasteiger partial charge is 0.444 e. The number of piperazine rings is 1. The van der Waals surface area contributed by atoms with Gasteiger partial charge in [0.2, 0.25) is 0 Å². The van der Waals surface area contributed by atoms with E-state index in [1.165, 1.54) is 11.1 Å². The summed E-state index contributed by atoms with van der Waals surface area (Å²) in [5, 5.41) is 0. The van der Waals surface area contributed by atoms with Gasteiger partial charge in [0.1, 0.15) is 5.60 Å². The van der Waals surface area contributed by atoms with Gasteiger partial charge in [0.05, 0.1) is 0 Å². The first kappa shape index (κ1) is 16.1. The molecule has 1 aromatic rings. The molecule has 126 valence electrons. The van der Waals surface area contributed by atoms with Gasteiger partial charge in [0.15, 0.2) is 0 Å². The third kappa shape index (κ3) is 3.78. The lowest BCUT2D eigenvalue weighted by atomic mass is 10.1. The van der Waals surface area contributed by atoms with Crippen molar-refractivity contribution >= 4 is 11.8 Å². The summed E-state index contributed by atoms with van der Waals surface area (Å²) in [6.07, 6.45) is 1.95. The average Bonchev–Trinajstić information content (AvgIpc) is 2.88. The first-order valence-electron chi connectivity index (χ1n) is 8.41. The molecule has 1 saturated heterocycles. The maximum atomic E-state index is 12.1. The van der Waals surface area contributed by atoms with Crippen LogP contribution in [0.1, 0.15) is 31.9 Å². The first-order chi connectivity index (χ1) is 10.8. The molecule has 1 fully saturated rings. The zero-order chi connectivity index (χ0) is 16.6. The van der Waals surface area contributed by atoms with E-state index in [0.29, 0.717) is 6.04 Å². The molecule has 2 N–H and O–H groups in total. The molecule has 3 rings (SSSR count). The van der Waals surface area contributed by atoms with Gasteiger partial charge in [-0.05, 0) is 56.9 Å². The van der Waals surface area contributed by atoms with Gasteiger partial charge in [0, 0.05) is 37.9 Å². The maximum Gasteiger partial charge on any atom is 0.410 e. The number of amides is 1. The van der Waals surface area contributed by atoms with Crippen molar-refractivity contribution in [2.24, 2.45) is 0 Å². The van der Waals surface area contributed by atoms with Crippen molar-refractivity contribution in [1.82, 2.24) is 9.80 Å². The zero-order valence-electron chi connectivity index (χ0n) is 14.3. The van der Waals surface area contributed by atoms with E-state index in [-0.39, 0.29) is 6.09 Å². The highest BCUT2D eigenvalue weighted by molar-refractivity contribution is 5.68. The van der Waals surface area contributed by atoms with E-state index < -0.39 is 5.60 Å². The molecule has 1 atom stereocenters. The lowest BCUT2D eigenvalue weighted by Crippen LogP contribution is -2.53. The Balaban J connectivity index is 1.53. The van der Waals surface area contributed by atoms with Crippen LogP contribution in [0.2, 0.25) is 0 Å². The second-order valence-electron chi connectivity index (χ2n) is 7.59. The van der Waals surface area contributed by atoms with E-state index in [2.05, 4.69) is 17.0 Å². The highest BCUT2D eigenvalue weighted by Crippen LogP contribution is 2.28. The van der Waals surface area contributed by atoms with E-state index >= 15 is 0 Å². The molecule has 5 heteroatoms. The Hall–Kier alpha value is -1.75. The maximum absolute atomic E-state index is 12.1. The minimum absolute atomic E-state index is 0.195. The Bertz CT molecular complexity index is 586. The Kier molecular flexibility index (Phi) is 4.23. The van der Waals surface area contributed by atoms with Crippen LogP contribution in [0.25, 0.3) is 0 Å². The van der Waals surface area contributed by atoms with Crippen LogP contribution in [0.4, 0.5) is 10.5 Å². The normalized spacial score (nSPS) is 22.0. The summed E-state index contributed by atoms with van der Waals surface area (Å²) in [5.41, 5.74) is 9.10. The molecule has 1 aliphatic heterocycles. The summed E-state index contributed by atoms with van der Waals surface area (Å²) in [6, 6.07) is 6.78. The molecule has 0 aromatic heterocycles. The van der Waals surface area contributed by atoms with Gasteiger partial charge in [-0.15, -0.1) is 0 Å². The fourth-order valence-corrected chi connectivity index (χ4v) is 3.47. The van der Waals surface area contributed by atoms with Crippen LogP contribution in [0, 0.1) is 0 Å². The number of nitrogens with two attached hydrogens (primary N) is 1. The first-order valence-corrected chi connectivity index (χ1v) is 8.41. The van der Waals surface area contributed by atoms with Gasteiger partial charge >= 0.3 is 6.09 Å². The van der Waals surface area contributed by atoms with Crippen LogP contribution in [0.3, 0.4) is 0 Å². The van der Waals surface area contributed by atoms with Crippen molar-refractivity contribution in [2.75, 3.05) is 31.9 Å². The number of hydrogen-bond acceptors (Lipinski definition) is 4. The predicted octanol–water partition coefficient (Wildman–Crippen LogP) is 2.29. The van der Waals surface area contributed by atoms with E-state index in [0.717, 1.165) is 44.7 Å². The number of anilines is 1. The summed E-state index contributed by atoms with van der Waals surface area (Å²) in [5.74, 6) is 0. The predicted molar refractivity (Wildman–Crippen MR) is 91.4 cm³/mol. The van der Waals surface area contributed by atoms with Gasteiger partial charge in [-0.3, -0.25) is 4.90 Å². The molecule has 5 nitrogen and oxygen atoms in total. The van der Waals surface area contributed by atoms with Crippen molar-refractivity contribution < 1.29 is 9.53 Å². The van der Waals surface area contributed by atoms with Crippen LogP contribution in [-0.4, -0.2) is 53.7 Å². The van der Waals surface area contributed by atoms with Gasteiger partial charge < -0.3 is 15.4 Å². The molecule has 0 bridgehead atoms. The Morgan fingerprint density at radius 3 is 2.43 bits per heavy atom. The van der Waals surface area contributed by atoms with Crippen LogP contribution in [0.15, 0.2) is 18.2 Å². The molecule has 1 amide bonds. The molecule has 0 spiro atoms. The number of rotatable bonds is 1. The second-order valence-corrected chi connectivity index (χ2v) is 7.59. The van der Waals surface area contributed by atoms with Crippen LogP contribution >= 0.6 is 0 Å². The monoisotopic (exact) mass is 317 g/mol. The van der Waals surface area contributed by atoms with E-state index in [1.807, 2.05) is 31.7 Å². The summed E-state index contributed by atoms with van der Waals surface area (Å²) >= 11 is 0. The average molecular weight is 317 g/mol. The standard InChI is InChI=1S/C18H27N3O2/c1-18(2,3)23-17(22)21-8-6-20(7-9-21)16-11-13-4-5-15(19)10-14(13)12-16/h4-5,10,16H,6-9,11-12,19H2,1-3H3/t16-/m0/s1. The minimum Gasteiger partial charge on any atom is -0.444 e. The topological polar surface area (TPSA) is 58.8 Å². The van der Waals surface area contributed by atoms with Gasteiger partial charge in [0.25, 0.3) is 0 Å². The van der Waals surface area contributed by atoms with Crippen molar-refractivity contribution in [3.63, 3.8) is 0 Å². The molecular weight excluding hydrogens is 290 g/mol. The number of fused-ring (bicyclic) bond motifs is 1. The van der Waals surface area contributed by atoms with Crippen molar-refractivity contribution in [1.29, 1.82) is 0 Å². The molecule has 1 aliphatic carbocycles.